The van der Waals surface area contributed by atoms with Gasteiger partial charge in [-0.2, -0.15) is 8.42 Å². The van der Waals surface area contributed by atoms with Crippen molar-refractivity contribution >= 4 is 21.7 Å². The van der Waals surface area contributed by atoms with E-state index in [-0.39, 0.29) is 5.84 Å². The lowest BCUT2D eigenvalue weighted by atomic mass is 9.82. The Balaban J connectivity index is 1.56. The molecule has 0 radical (unpaired) electrons. The predicted molar refractivity (Wildman–Crippen MR) is 113 cm³/mol. The number of hydrogen-bond donors (Lipinski definition) is 4. The molecule has 0 spiro atoms. The molecular formula is C20H25N5O4S. The molecule has 1 saturated carbocycles. The van der Waals surface area contributed by atoms with Crippen molar-refractivity contribution in [2.24, 2.45) is 10.1 Å². The van der Waals surface area contributed by atoms with Crippen LogP contribution < -0.4 is 20.5 Å². The van der Waals surface area contributed by atoms with E-state index in [1.54, 1.807) is 42.7 Å². The molecule has 4 rings (SSSR count). The minimum Gasteiger partial charge on any atom is -0.491 e. The molecule has 1 fully saturated rings. The van der Waals surface area contributed by atoms with Gasteiger partial charge in [0.05, 0.1) is 16.8 Å². The molecular weight excluding hydrogens is 406 g/mol. The molecule has 0 saturated heterocycles. The lowest BCUT2D eigenvalue weighted by molar-refractivity contribution is 0.0445. The van der Waals surface area contributed by atoms with Crippen molar-refractivity contribution in [3.63, 3.8) is 0 Å². The van der Waals surface area contributed by atoms with Gasteiger partial charge in [-0.05, 0) is 42.7 Å². The minimum atomic E-state index is -3.85. The zero-order chi connectivity index (χ0) is 21.2. The van der Waals surface area contributed by atoms with Crippen LogP contribution in [-0.4, -0.2) is 36.5 Å². The SMILES string of the molecule is NC1=NS(=O)(=O)Nc2cccc(OCC3(NC(O)c4ccncc4)CCCCC3)c21. The quantitative estimate of drug-likeness (QED) is 0.512. The van der Waals surface area contributed by atoms with Gasteiger partial charge in [-0.1, -0.05) is 25.3 Å². The van der Waals surface area contributed by atoms with E-state index in [0.29, 0.717) is 23.6 Å². The molecule has 1 unspecified atom stereocenters. The van der Waals surface area contributed by atoms with E-state index in [9.17, 15) is 13.5 Å². The van der Waals surface area contributed by atoms with E-state index >= 15 is 0 Å². The summed E-state index contributed by atoms with van der Waals surface area (Å²) in [4.78, 5) is 3.99. The maximum Gasteiger partial charge on any atom is 0.344 e. The summed E-state index contributed by atoms with van der Waals surface area (Å²) in [5.41, 5.74) is 6.98. The molecule has 0 amide bonds. The second-order valence-corrected chi connectivity index (χ2v) is 9.03. The van der Waals surface area contributed by atoms with Crippen LogP contribution in [0, 0.1) is 0 Å². The number of aromatic nitrogens is 1. The van der Waals surface area contributed by atoms with Crippen LogP contribution >= 0.6 is 0 Å². The molecule has 2 aliphatic rings. The number of anilines is 1. The van der Waals surface area contributed by atoms with E-state index in [1.165, 1.54) is 0 Å². The summed E-state index contributed by atoms with van der Waals surface area (Å²) < 4.78 is 35.6. The van der Waals surface area contributed by atoms with Crippen LogP contribution in [0.4, 0.5) is 5.69 Å². The molecule has 160 valence electrons. The third-order valence-electron chi connectivity index (χ3n) is 5.52. The number of nitrogens with one attached hydrogen (secondary N) is 2. The van der Waals surface area contributed by atoms with Crippen molar-refractivity contribution in [1.29, 1.82) is 0 Å². The van der Waals surface area contributed by atoms with E-state index in [1.807, 2.05) is 0 Å². The van der Waals surface area contributed by atoms with Crippen LogP contribution in [0.25, 0.3) is 0 Å². The van der Waals surface area contributed by atoms with Crippen molar-refractivity contribution in [2.45, 2.75) is 43.9 Å². The zero-order valence-corrected chi connectivity index (χ0v) is 17.2. The number of nitrogens with zero attached hydrogens (tertiary/aromatic N) is 2. The second kappa shape index (κ2) is 8.21. The summed E-state index contributed by atoms with van der Waals surface area (Å²) in [5.74, 6) is 0.336. The van der Waals surface area contributed by atoms with Crippen LogP contribution in [0.5, 0.6) is 5.75 Å². The Bertz CT molecular complexity index is 1040. The van der Waals surface area contributed by atoms with Gasteiger partial charge in [0, 0.05) is 12.4 Å². The number of fused-ring (bicyclic) bond motifs is 1. The molecule has 9 nitrogen and oxygen atoms in total. The number of aliphatic hydroxyl groups is 1. The molecule has 5 N–H and O–H groups in total. The van der Waals surface area contributed by atoms with E-state index in [0.717, 1.165) is 37.7 Å². The fourth-order valence-corrected chi connectivity index (χ4v) is 4.88. The first kappa shape index (κ1) is 20.6. The maximum absolute atomic E-state index is 11.8. The Kier molecular flexibility index (Phi) is 5.63. The van der Waals surface area contributed by atoms with Crippen LogP contribution in [0.1, 0.15) is 49.5 Å². The average Bonchev–Trinajstić information content (AvgIpc) is 2.72. The fraction of sp³-hybridized carbons (Fsp3) is 0.400. The lowest BCUT2D eigenvalue weighted by Crippen LogP contribution is -2.52. The van der Waals surface area contributed by atoms with Gasteiger partial charge in [0.2, 0.25) is 0 Å². The molecule has 10 heteroatoms. The molecule has 30 heavy (non-hydrogen) atoms. The van der Waals surface area contributed by atoms with Crippen molar-refractivity contribution in [2.75, 3.05) is 11.3 Å². The van der Waals surface area contributed by atoms with E-state index in [2.05, 4.69) is 19.4 Å². The number of ether oxygens (including phenoxy) is 1. The molecule has 1 aliphatic carbocycles. The summed E-state index contributed by atoms with van der Waals surface area (Å²) in [5, 5.41) is 14.1. The summed E-state index contributed by atoms with van der Waals surface area (Å²) >= 11 is 0. The number of nitrogens with two attached hydrogens (primary N) is 1. The van der Waals surface area contributed by atoms with E-state index < -0.39 is 22.0 Å². The molecule has 1 aliphatic heterocycles. The largest absolute Gasteiger partial charge is 0.491 e. The Morgan fingerprint density at radius 2 is 1.93 bits per heavy atom. The number of rotatable bonds is 6. The predicted octanol–water partition coefficient (Wildman–Crippen LogP) is 1.82. The summed E-state index contributed by atoms with van der Waals surface area (Å²) in [7, 11) is -3.85. The summed E-state index contributed by atoms with van der Waals surface area (Å²) in [6, 6.07) is 8.58. The highest BCUT2D eigenvalue weighted by atomic mass is 32.2. The second-order valence-electron chi connectivity index (χ2n) is 7.69. The minimum absolute atomic E-state index is 0.109. The molecule has 0 bridgehead atoms. The first-order valence-corrected chi connectivity index (χ1v) is 11.3. The highest BCUT2D eigenvalue weighted by Crippen LogP contribution is 2.34. The number of aliphatic hydroxyl groups excluding tert-OH is 1. The normalized spacial score (nSPS) is 20.4. The molecule has 1 aromatic carbocycles. The third-order valence-corrected chi connectivity index (χ3v) is 6.43. The Labute approximate surface area is 175 Å². The number of hydrogen-bond acceptors (Lipinski definition) is 7. The fourth-order valence-electron chi connectivity index (χ4n) is 4.03. The van der Waals surface area contributed by atoms with Crippen LogP contribution in [0.3, 0.4) is 0 Å². The van der Waals surface area contributed by atoms with Crippen LogP contribution in [0.15, 0.2) is 47.1 Å². The Morgan fingerprint density at radius 1 is 1.20 bits per heavy atom. The average molecular weight is 432 g/mol. The summed E-state index contributed by atoms with van der Waals surface area (Å²) in [6.45, 7) is 0.297. The number of pyridine rings is 1. The molecule has 2 heterocycles. The highest BCUT2D eigenvalue weighted by Gasteiger charge is 2.35. The van der Waals surface area contributed by atoms with E-state index in [4.69, 9.17) is 10.5 Å². The van der Waals surface area contributed by atoms with Gasteiger partial charge in [0.1, 0.15) is 18.6 Å². The number of benzene rings is 1. The first-order chi connectivity index (χ1) is 14.4. The zero-order valence-electron chi connectivity index (χ0n) is 16.4. The highest BCUT2D eigenvalue weighted by molar-refractivity contribution is 7.91. The van der Waals surface area contributed by atoms with Gasteiger partial charge < -0.3 is 15.6 Å². The first-order valence-electron chi connectivity index (χ1n) is 9.88. The van der Waals surface area contributed by atoms with Gasteiger partial charge in [-0.3, -0.25) is 15.0 Å². The van der Waals surface area contributed by atoms with Gasteiger partial charge in [0.25, 0.3) is 0 Å². The van der Waals surface area contributed by atoms with Crippen molar-refractivity contribution in [3.05, 3.63) is 53.9 Å². The topological polar surface area (TPSA) is 139 Å². The smallest absolute Gasteiger partial charge is 0.344 e. The Hall–Kier alpha value is -2.69. The maximum atomic E-state index is 11.8. The molecule has 1 aromatic heterocycles. The molecule has 2 aromatic rings. The number of amidine groups is 1. The van der Waals surface area contributed by atoms with Gasteiger partial charge >= 0.3 is 10.2 Å². The van der Waals surface area contributed by atoms with Gasteiger partial charge in [-0.15, -0.1) is 4.40 Å². The monoisotopic (exact) mass is 431 g/mol. The van der Waals surface area contributed by atoms with Crippen LogP contribution in [-0.2, 0) is 10.2 Å². The van der Waals surface area contributed by atoms with Crippen molar-refractivity contribution in [3.8, 4) is 5.75 Å². The van der Waals surface area contributed by atoms with Crippen molar-refractivity contribution in [1.82, 2.24) is 10.3 Å². The van der Waals surface area contributed by atoms with Gasteiger partial charge in [-0.25, -0.2) is 0 Å². The van der Waals surface area contributed by atoms with Crippen LogP contribution in [0.2, 0.25) is 0 Å². The standard InChI is InChI=1S/C20H25N5O4S/c21-18-17-15(24-30(27,28)25-18)5-4-6-16(17)29-13-20(9-2-1-3-10-20)23-19(26)14-7-11-22-12-8-14/h4-8,11-12,19,23-24,26H,1-3,9-10,13H2,(H2,21,25). The Morgan fingerprint density at radius 3 is 2.67 bits per heavy atom. The molecule has 1 atom stereocenters. The van der Waals surface area contributed by atoms with Gasteiger partial charge in [0.15, 0.2) is 5.84 Å². The lowest BCUT2D eigenvalue weighted by Gasteiger charge is -2.40. The third kappa shape index (κ3) is 4.40. The van der Waals surface area contributed by atoms with Crippen molar-refractivity contribution < 1.29 is 18.3 Å². The summed E-state index contributed by atoms with van der Waals surface area (Å²) in [6.07, 6.45) is 7.31.